The average molecular weight is 480 g/mol. The average Bonchev–Trinajstić information content (AvgIpc) is 3.21. The van der Waals surface area contributed by atoms with Crippen molar-refractivity contribution in [2.24, 2.45) is 0 Å². The molecule has 3 aromatic rings. The molecule has 8 heteroatoms. The maximum absolute atomic E-state index is 12.9. The summed E-state index contributed by atoms with van der Waals surface area (Å²) in [4.78, 5) is 20.0. The molecule has 1 amide bonds. The zero-order valence-corrected chi connectivity index (χ0v) is 21.4. The number of hydrogen-bond acceptors (Lipinski definition) is 6. The summed E-state index contributed by atoms with van der Waals surface area (Å²) >= 11 is 0. The van der Waals surface area contributed by atoms with E-state index in [4.69, 9.17) is 14.6 Å². The molecule has 1 aliphatic heterocycles. The minimum Gasteiger partial charge on any atom is -0.490 e. The van der Waals surface area contributed by atoms with Crippen LogP contribution in [0.5, 0.6) is 11.5 Å². The maximum Gasteiger partial charge on any atom is 0.254 e. The quantitative estimate of drug-likeness (QED) is 0.434. The molecule has 1 aromatic carbocycles. The summed E-state index contributed by atoms with van der Waals surface area (Å²) in [5, 5.41) is 7.78. The monoisotopic (exact) mass is 479 g/mol. The highest BCUT2D eigenvalue weighted by atomic mass is 16.5. The van der Waals surface area contributed by atoms with Crippen molar-refractivity contribution in [3.63, 3.8) is 0 Å². The number of fused-ring (bicyclic) bond motifs is 1. The van der Waals surface area contributed by atoms with Crippen LogP contribution < -0.4 is 14.8 Å². The Morgan fingerprint density at radius 2 is 1.80 bits per heavy atom. The van der Waals surface area contributed by atoms with E-state index >= 15 is 0 Å². The molecule has 1 aliphatic rings. The Hall–Kier alpha value is -3.13. The summed E-state index contributed by atoms with van der Waals surface area (Å²) in [6.07, 6.45) is 6.51. The number of benzene rings is 1. The van der Waals surface area contributed by atoms with Gasteiger partial charge in [0.05, 0.1) is 30.2 Å². The van der Waals surface area contributed by atoms with E-state index in [0.29, 0.717) is 36.7 Å². The molecule has 0 unspecified atom stereocenters. The third kappa shape index (κ3) is 5.59. The van der Waals surface area contributed by atoms with Gasteiger partial charge in [0.25, 0.3) is 5.91 Å². The molecule has 188 valence electrons. The van der Waals surface area contributed by atoms with Crippen LogP contribution in [0.15, 0.2) is 24.4 Å². The molecule has 1 fully saturated rings. The van der Waals surface area contributed by atoms with E-state index in [0.717, 1.165) is 41.2 Å². The molecule has 2 aromatic heterocycles. The number of aromatic nitrogens is 3. The number of amides is 1. The third-order valence-electron chi connectivity index (χ3n) is 6.52. The molecule has 0 aliphatic carbocycles. The lowest BCUT2D eigenvalue weighted by molar-refractivity contribution is 0.0949. The van der Waals surface area contributed by atoms with Crippen molar-refractivity contribution in [3.8, 4) is 22.6 Å². The number of nitrogens with one attached hydrogen (secondary N) is 1. The molecule has 0 bridgehead atoms. The minimum absolute atomic E-state index is 0.107. The first kappa shape index (κ1) is 25.0. The highest BCUT2D eigenvalue weighted by molar-refractivity contribution is 5.95. The van der Waals surface area contributed by atoms with Crippen LogP contribution in [0.25, 0.3) is 16.8 Å². The van der Waals surface area contributed by atoms with Gasteiger partial charge in [-0.1, -0.05) is 12.5 Å². The fourth-order valence-electron chi connectivity index (χ4n) is 4.75. The fourth-order valence-corrected chi connectivity index (χ4v) is 4.75. The molecule has 1 N–H and O–H groups in total. The Morgan fingerprint density at radius 3 is 2.54 bits per heavy atom. The van der Waals surface area contributed by atoms with Gasteiger partial charge >= 0.3 is 0 Å². The lowest BCUT2D eigenvalue weighted by Crippen LogP contribution is -2.33. The normalized spacial score (nSPS) is 14.3. The Morgan fingerprint density at radius 1 is 1.06 bits per heavy atom. The Balaban J connectivity index is 1.52. The summed E-state index contributed by atoms with van der Waals surface area (Å²) in [6, 6.07) is 5.89. The third-order valence-corrected chi connectivity index (χ3v) is 6.52. The van der Waals surface area contributed by atoms with Gasteiger partial charge in [0, 0.05) is 18.3 Å². The predicted octanol–water partition coefficient (Wildman–Crippen LogP) is 4.42. The van der Waals surface area contributed by atoms with Gasteiger partial charge < -0.3 is 19.7 Å². The van der Waals surface area contributed by atoms with E-state index in [1.165, 1.54) is 32.4 Å². The molecule has 0 spiro atoms. The van der Waals surface area contributed by atoms with Gasteiger partial charge in [0.15, 0.2) is 17.1 Å². The van der Waals surface area contributed by atoms with E-state index in [1.54, 1.807) is 10.7 Å². The number of rotatable bonds is 10. The topological polar surface area (TPSA) is 81.0 Å². The van der Waals surface area contributed by atoms with Crippen LogP contribution in [0, 0.1) is 13.8 Å². The highest BCUT2D eigenvalue weighted by Gasteiger charge is 2.20. The number of ether oxygens (including phenoxy) is 2. The number of piperidine rings is 1. The van der Waals surface area contributed by atoms with E-state index < -0.39 is 0 Å². The maximum atomic E-state index is 12.9. The van der Waals surface area contributed by atoms with Crippen LogP contribution in [-0.4, -0.2) is 64.8 Å². The van der Waals surface area contributed by atoms with Crippen molar-refractivity contribution < 1.29 is 14.3 Å². The molecule has 1 saturated heterocycles. The molecule has 0 radical (unpaired) electrons. The van der Waals surface area contributed by atoms with Crippen LogP contribution in [-0.2, 0) is 0 Å². The van der Waals surface area contributed by atoms with Crippen molar-refractivity contribution in [1.29, 1.82) is 0 Å². The molecular formula is C27H37N5O3. The number of hydrogen-bond donors (Lipinski definition) is 1. The lowest BCUT2D eigenvalue weighted by atomic mass is 10.1. The number of likely N-dealkylation sites (tertiary alicyclic amines) is 1. The van der Waals surface area contributed by atoms with E-state index in [9.17, 15) is 4.79 Å². The molecule has 8 nitrogen and oxygen atoms in total. The SMILES string of the molecule is CCOc1ccc(-c2c(C)nn3c(C)c(C(=O)NCCCN4CCCCC4)cnc23)cc1OCC. The number of aryl methyl sites for hydroxylation is 2. The highest BCUT2D eigenvalue weighted by Crippen LogP contribution is 2.36. The summed E-state index contributed by atoms with van der Waals surface area (Å²) in [7, 11) is 0. The Labute approximate surface area is 207 Å². The second kappa shape index (κ2) is 11.5. The molecular weight excluding hydrogens is 442 g/mol. The molecule has 4 rings (SSSR count). The van der Waals surface area contributed by atoms with Crippen LogP contribution in [0.1, 0.15) is 61.3 Å². The molecule has 0 atom stereocenters. The molecule has 0 saturated carbocycles. The number of nitrogens with zero attached hydrogens (tertiary/aromatic N) is 4. The summed E-state index contributed by atoms with van der Waals surface area (Å²) in [5.41, 5.74) is 4.75. The second-order valence-corrected chi connectivity index (χ2v) is 8.99. The standard InChI is InChI=1S/C27H37N5O3/c1-5-34-23-12-11-21(17-24(23)35-6-2)25-19(3)30-32-20(4)22(18-29-26(25)32)27(33)28-13-10-16-31-14-8-7-9-15-31/h11-12,17-18H,5-10,13-16H2,1-4H3,(H,28,33). The van der Waals surface area contributed by atoms with Crippen molar-refractivity contribution in [3.05, 3.63) is 41.3 Å². The zero-order valence-electron chi connectivity index (χ0n) is 21.4. The van der Waals surface area contributed by atoms with Gasteiger partial charge in [-0.15, -0.1) is 0 Å². The summed E-state index contributed by atoms with van der Waals surface area (Å²) in [5.74, 6) is 1.31. The van der Waals surface area contributed by atoms with Gasteiger partial charge in [0.1, 0.15) is 0 Å². The second-order valence-electron chi connectivity index (χ2n) is 8.99. The first-order chi connectivity index (χ1) is 17.0. The summed E-state index contributed by atoms with van der Waals surface area (Å²) in [6.45, 7) is 12.9. The van der Waals surface area contributed by atoms with Crippen molar-refractivity contribution in [2.45, 2.75) is 53.4 Å². The fraction of sp³-hybridized carbons (Fsp3) is 0.519. The van der Waals surface area contributed by atoms with Gasteiger partial charge in [-0.3, -0.25) is 4.79 Å². The predicted molar refractivity (Wildman–Crippen MR) is 137 cm³/mol. The van der Waals surface area contributed by atoms with Crippen molar-refractivity contribution in [1.82, 2.24) is 24.8 Å². The van der Waals surface area contributed by atoms with Gasteiger partial charge in [-0.05, 0) is 84.3 Å². The van der Waals surface area contributed by atoms with Crippen molar-refractivity contribution in [2.75, 3.05) is 39.4 Å². The van der Waals surface area contributed by atoms with Gasteiger partial charge in [-0.25, -0.2) is 9.50 Å². The largest absolute Gasteiger partial charge is 0.490 e. The molecule has 35 heavy (non-hydrogen) atoms. The smallest absolute Gasteiger partial charge is 0.254 e. The van der Waals surface area contributed by atoms with Crippen LogP contribution >= 0.6 is 0 Å². The van der Waals surface area contributed by atoms with E-state index in [1.807, 2.05) is 45.9 Å². The zero-order chi connectivity index (χ0) is 24.8. The van der Waals surface area contributed by atoms with Crippen LogP contribution in [0.3, 0.4) is 0 Å². The van der Waals surface area contributed by atoms with Gasteiger partial charge in [0.2, 0.25) is 0 Å². The van der Waals surface area contributed by atoms with Crippen molar-refractivity contribution >= 4 is 11.6 Å². The Kier molecular flexibility index (Phi) is 8.23. The van der Waals surface area contributed by atoms with E-state index in [-0.39, 0.29) is 5.91 Å². The van der Waals surface area contributed by atoms with Crippen LogP contribution in [0.2, 0.25) is 0 Å². The first-order valence-electron chi connectivity index (χ1n) is 12.8. The Bertz CT molecular complexity index is 1170. The minimum atomic E-state index is -0.107. The number of carbonyl (C=O) groups excluding carboxylic acids is 1. The van der Waals surface area contributed by atoms with Gasteiger partial charge in [-0.2, -0.15) is 5.10 Å². The lowest BCUT2D eigenvalue weighted by Gasteiger charge is -2.26. The van der Waals surface area contributed by atoms with Crippen LogP contribution in [0.4, 0.5) is 0 Å². The molecule has 3 heterocycles. The first-order valence-corrected chi connectivity index (χ1v) is 12.8. The van der Waals surface area contributed by atoms with E-state index in [2.05, 4.69) is 15.2 Å². The summed E-state index contributed by atoms with van der Waals surface area (Å²) < 4.78 is 13.3. The number of carbonyl (C=O) groups is 1.